The summed E-state index contributed by atoms with van der Waals surface area (Å²) in [4.78, 5) is 19.3. The third-order valence-corrected chi connectivity index (χ3v) is 3.52. The van der Waals surface area contributed by atoms with Crippen LogP contribution in [0.15, 0.2) is 55.0 Å². The fourth-order valence-corrected chi connectivity index (χ4v) is 2.49. The van der Waals surface area contributed by atoms with E-state index in [-0.39, 0.29) is 11.9 Å². The molecule has 0 bridgehead atoms. The van der Waals surface area contributed by atoms with Crippen LogP contribution < -0.4 is 5.32 Å². The van der Waals surface area contributed by atoms with Crippen LogP contribution in [0.25, 0.3) is 10.9 Å². The molecule has 1 amide bonds. The molecule has 0 radical (unpaired) electrons. The fourth-order valence-electron chi connectivity index (χ4n) is 2.49. The number of carbonyl (C=O) groups excluding carboxylic acids is 1. The fraction of sp³-hybridized carbons (Fsp3) is 0.176. The quantitative estimate of drug-likeness (QED) is 0.771. The van der Waals surface area contributed by atoms with Crippen LogP contribution in [0.2, 0.25) is 0 Å². The van der Waals surface area contributed by atoms with Gasteiger partial charge in [0.05, 0.1) is 0 Å². The Bertz CT molecular complexity index is 749. The van der Waals surface area contributed by atoms with Gasteiger partial charge in [-0.3, -0.25) is 9.78 Å². The van der Waals surface area contributed by atoms with Crippen molar-refractivity contribution in [2.75, 3.05) is 0 Å². The number of fused-ring (bicyclic) bond motifs is 1. The van der Waals surface area contributed by atoms with E-state index in [1.54, 1.807) is 24.5 Å². The number of carbonyl (C=O) groups is 1. The molecular formula is C17H17N3O. The van der Waals surface area contributed by atoms with Crippen LogP contribution in [-0.4, -0.2) is 21.9 Å². The largest absolute Gasteiger partial charge is 0.361 e. The lowest BCUT2D eigenvalue weighted by Crippen LogP contribution is -2.34. The minimum absolute atomic E-state index is 0.0601. The Balaban J connectivity index is 1.69. The maximum atomic E-state index is 12.1. The van der Waals surface area contributed by atoms with E-state index >= 15 is 0 Å². The lowest BCUT2D eigenvalue weighted by molar-refractivity contribution is 0.0940. The molecule has 2 heterocycles. The van der Waals surface area contributed by atoms with Gasteiger partial charge in [-0.15, -0.1) is 0 Å². The van der Waals surface area contributed by atoms with Crippen molar-refractivity contribution in [3.05, 3.63) is 66.1 Å². The first kappa shape index (κ1) is 13.4. The van der Waals surface area contributed by atoms with E-state index in [2.05, 4.69) is 27.4 Å². The lowest BCUT2D eigenvalue weighted by atomic mass is 10.1. The van der Waals surface area contributed by atoms with Gasteiger partial charge in [-0.05, 0) is 37.1 Å². The van der Waals surface area contributed by atoms with Gasteiger partial charge in [0.2, 0.25) is 0 Å². The molecule has 4 nitrogen and oxygen atoms in total. The van der Waals surface area contributed by atoms with Crippen molar-refractivity contribution in [2.45, 2.75) is 19.4 Å². The predicted octanol–water partition coefficient (Wildman–Crippen LogP) is 2.92. The molecule has 2 aromatic heterocycles. The second-order valence-electron chi connectivity index (χ2n) is 5.17. The smallest absolute Gasteiger partial charge is 0.251 e. The normalized spacial score (nSPS) is 12.2. The van der Waals surface area contributed by atoms with Crippen molar-refractivity contribution < 1.29 is 4.79 Å². The molecule has 1 aromatic carbocycles. The molecule has 0 aliphatic carbocycles. The number of hydrogen-bond acceptors (Lipinski definition) is 2. The maximum absolute atomic E-state index is 12.1. The number of hydrogen-bond donors (Lipinski definition) is 2. The van der Waals surface area contributed by atoms with Crippen LogP contribution in [0.3, 0.4) is 0 Å². The molecule has 1 atom stereocenters. The number of rotatable bonds is 4. The number of nitrogens with zero attached hydrogens (tertiary/aromatic N) is 1. The summed E-state index contributed by atoms with van der Waals surface area (Å²) in [6.07, 6.45) is 6.05. The van der Waals surface area contributed by atoms with E-state index < -0.39 is 0 Å². The van der Waals surface area contributed by atoms with Crippen molar-refractivity contribution >= 4 is 16.8 Å². The second-order valence-corrected chi connectivity index (χ2v) is 5.17. The van der Waals surface area contributed by atoms with Crippen LogP contribution in [-0.2, 0) is 6.42 Å². The number of aromatic amines is 1. The number of nitrogens with one attached hydrogen (secondary N) is 2. The zero-order valence-electron chi connectivity index (χ0n) is 11.8. The first-order chi connectivity index (χ1) is 10.2. The van der Waals surface area contributed by atoms with E-state index in [1.165, 1.54) is 10.9 Å². The molecule has 106 valence electrons. The highest BCUT2D eigenvalue weighted by atomic mass is 16.1. The number of pyridine rings is 1. The number of H-pyrrole nitrogens is 1. The Morgan fingerprint density at radius 2 is 2.00 bits per heavy atom. The molecule has 0 spiro atoms. The zero-order valence-corrected chi connectivity index (χ0v) is 11.8. The Kier molecular flexibility index (Phi) is 3.69. The topological polar surface area (TPSA) is 57.8 Å². The van der Waals surface area contributed by atoms with Gasteiger partial charge in [0.1, 0.15) is 0 Å². The molecule has 0 fully saturated rings. The van der Waals surface area contributed by atoms with Crippen molar-refractivity contribution in [3.63, 3.8) is 0 Å². The van der Waals surface area contributed by atoms with Crippen LogP contribution in [0.4, 0.5) is 0 Å². The molecule has 3 aromatic rings. The highest BCUT2D eigenvalue weighted by Crippen LogP contribution is 2.19. The van der Waals surface area contributed by atoms with E-state index in [4.69, 9.17) is 0 Å². The first-order valence-electron chi connectivity index (χ1n) is 7.00. The average Bonchev–Trinajstić information content (AvgIpc) is 2.91. The maximum Gasteiger partial charge on any atom is 0.251 e. The molecule has 21 heavy (non-hydrogen) atoms. The van der Waals surface area contributed by atoms with Crippen LogP contribution >= 0.6 is 0 Å². The van der Waals surface area contributed by atoms with Gasteiger partial charge in [-0.2, -0.15) is 0 Å². The minimum atomic E-state index is -0.0651. The molecule has 0 saturated carbocycles. The van der Waals surface area contributed by atoms with Gasteiger partial charge in [-0.25, -0.2) is 0 Å². The van der Waals surface area contributed by atoms with Crippen LogP contribution in [0.5, 0.6) is 0 Å². The Hall–Kier alpha value is -2.62. The average molecular weight is 279 g/mol. The Morgan fingerprint density at radius 3 is 2.81 bits per heavy atom. The molecule has 0 unspecified atom stereocenters. The molecule has 3 rings (SSSR count). The van der Waals surface area contributed by atoms with E-state index in [0.29, 0.717) is 5.56 Å². The highest BCUT2D eigenvalue weighted by Gasteiger charge is 2.12. The van der Waals surface area contributed by atoms with Crippen LogP contribution in [0, 0.1) is 0 Å². The monoisotopic (exact) mass is 279 g/mol. The molecule has 2 N–H and O–H groups in total. The Labute approximate surface area is 123 Å². The van der Waals surface area contributed by atoms with Crippen LogP contribution in [0.1, 0.15) is 22.8 Å². The van der Waals surface area contributed by atoms with Crippen molar-refractivity contribution in [1.29, 1.82) is 0 Å². The summed E-state index contributed by atoms with van der Waals surface area (Å²) in [5, 5.41) is 4.23. The summed E-state index contributed by atoms with van der Waals surface area (Å²) in [6.45, 7) is 2.01. The number of amides is 1. The Morgan fingerprint density at radius 1 is 1.24 bits per heavy atom. The highest BCUT2D eigenvalue weighted by molar-refractivity contribution is 5.94. The summed E-state index contributed by atoms with van der Waals surface area (Å²) in [5.41, 5.74) is 2.98. The summed E-state index contributed by atoms with van der Waals surface area (Å²) < 4.78 is 0. The van der Waals surface area contributed by atoms with Gasteiger partial charge >= 0.3 is 0 Å². The lowest BCUT2D eigenvalue weighted by Gasteiger charge is -2.13. The first-order valence-corrected chi connectivity index (χ1v) is 7.00. The molecule has 4 heteroatoms. The molecule has 0 aliphatic rings. The van der Waals surface area contributed by atoms with Gasteiger partial charge < -0.3 is 10.3 Å². The summed E-state index contributed by atoms with van der Waals surface area (Å²) >= 11 is 0. The van der Waals surface area contributed by atoms with E-state index in [1.807, 2.05) is 25.3 Å². The number of benzene rings is 1. The third kappa shape index (κ3) is 2.94. The van der Waals surface area contributed by atoms with E-state index in [9.17, 15) is 4.79 Å². The zero-order chi connectivity index (χ0) is 14.7. The third-order valence-electron chi connectivity index (χ3n) is 3.52. The van der Waals surface area contributed by atoms with Gasteiger partial charge in [0.25, 0.3) is 5.91 Å². The van der Waals surface area contributed by atoms with Gasteiger partial charge in [0.15, 0.2) is 0 Å². The molecular weight excluding hydrogens is 262 g/mol. The van der Waals surface area contributed by atoms with Crippen molar-refractivity contribution in [1.82, 2.24) is 15.3 Å². The summed E-state index contributed by atoms with van der Waals surface area (Å²) in [5.74, 6) is -0.0651. The number of para-hydroxylation sites is 1. The summed E-state index contributed by atoms with van der Waals surface area (Å²) in [6, 6.07) is 11.7. The SMILES string of the molecule is C[C@@H](Cc1c[nH]c2ccccc12)NC(=O)c1ccncc1. The molecule has 0 aliphatic heterocycles. The minimum Gasteiger partial charge on any atom is -0.361 e. The summed E-state index contributed by atoms with van der Waals surface area (Å²) in [7, 11) is 0. The number of aromatic nitrogens is 2. The van der Waals surface area contributed by atoms with Gasteiger partial charge in [0, 0.05) is 41.1 Å². The van der Waals surface area contributed by atoms with Gasteiger partial charge in [-0.1, -0.05) is 18.2 Å². The predicted molar refractivity (Wildman–Crippen MR) is 83.2 cm³/mol. The molecule has 0 saturated heterocycles. The second kappa shape index (κ2) is 5.79. The standard InChI is InChI=1S/C17H17N3O/c1-12(20-17(21)13-6-8-18-9-7-13)10-14-11-19-16-5-3-2-4-15(14)16/h2-9,11-12,19H,10H2,1H3,(H,20,21)/t12-/m0/s1. The van der Waals surface area contributed by atoms with Crippen molar-refractivity contribution in [3.8, 4) is 0 Å². The van der Waals surface area contributed by atoms with E-state index in [0.717, 1.165) is 11.9 Å². The van der Waals surface area contributed by atoms with Crippen molar-refractivity contribution in [2.24, 2.45) is 0 Å².